The minimum atomic E-state index is -1.29. The van der Waals surface area contributed by atoms with Crippen molar-refractivity contribution in [1.29, 1.82) is 0 Å². The van der Waals surface area contributed by atoms with Gasteiger partial charge < -0.3 is 53.5 Å². The first-order valence-electron chi connectivity index (χ1n) is 23.2. The van der Waals surface area contributed by atoms with E-state index in [0.29, 0.717) is 42.4 Å². The Morgan fingerprint density at radius 2 is 1.58 bits per heavy atom. The molecule has 6 rings (SSSR count). The number of nitrogens with one attached hydrogen (secondary N) is 6. The van der Waals surface area contributed by atoms with Gasteiger partial charge in [0, 0.05) is 65.6 Å². The maximum absolute atomic E-state index is 13.4. The maximum Gasteiger partial charge on any atom is 0.326 e. The number of nitrogens with zero attached hydrogens (tertiary/aromatic N) is 7. The molecule has 73 heavy (non-hydrogen) atoms. The second-order valence-corrected chi connectivity index (χ2v) is 16.6. The highest BCUT2D eigenvalue weighted by Crippen LogP contribution is 2.21. The molecule has 4 heterocycles. The van der Waals surface area contributed by atoms with E-state index in [1.54, 1.807) is 36.7 Å². The number of nitrogens with two attached hydrogens (primary N) is 4. The molecule has 7 amide bonds. The Balaban J connectivity index is 0.00000321. The largest absolute Gasteiger partial charge is 0.480 e. The molecule has 26 heteroatoms. The Kier molecular flexibility index (Phi) is 19.7. The third kappa shape index (κ3) is 15.5. The number of fused-ring (bicyclic) bond motifs is 2. The van der Waals surface area contributed by atoms with Gasteiger partial charge in [-0.1, -0.05) is 26.7 Å². The van der Waals surface area contributed by atoms with Gasteiger partial charge in [-0.25, -0.2) is 26.1 Å². The van der Waals surface area contributed by atoms with Crippen molar-refractivity contribution in [2.45, 2.75) is 84.3 Å². The van der Waals surface area contributed by atoms with Gasteiger partial charge in [0.25, 0.3) is 23.6 Å². The van der Waals surface area contributed by atoms with Crippen molar-refractivity contribution < 1.29 is 43.5 Å². The predicted molar refractivity (Wildman–Crippen MR) is 269 cm³/mol. The SMILES string of the molecule is CC(NC(=O)CNC(=O)CCCCCN1C(=O)C=CC1=O)C(=O)Nc1ccc(C(=O)NCCCC(NC(=O)c2ccc3c(ccn3Cc3cnc4nc(N)nc(N)c4n3)c2)C(=O)O)c(/C(N)=N/NN)c1.CCC. The van der Waals surface area contributed by atoms with Gasteiger partial charge in [0.05, 0.1) is 30.5 Å². The molecular weight excluding hydrogens is 947 g/mol. The number of benzene rings is 2. The summed E-state index contributed by atoms with van der Waals surface area (Å²) in [5.41, 5.74) is 22.2. The van der Waals surface area contributed by atoms with Crippen LogP contribution in [0.1, 0.15) is 97.7 Å². The number of rotatable bonds is 23. The summed E-state index contributed by atoms with van der Waals surface area (Å²) >= 11 is 0. The number of aliphatic carboxylic acids is 1. The monoisotopic (exact) mass is 1010 g/mol. The van der Waals surface area contributed by atoms with E-state index in [1.807, 2.05) is 10.1 Å². The van der Waals surface area contributed by atoms with Crippen LogP contribution in [0.5, 0.6) is 0 Å². The average molecular weight is 1010 g/mol. The lowest BCUT2D eigenvalue weighted by Crippen LogP contribution is -2.45. The van der Waals surface area contributed by atoms with Gasteiger partial charge in [-0.05, 0) is 75.1 Å². The summed E-state index contributed by atoms with van der Waals surface area (Å²) in [6.07, 6.45) is 8.81. The Morgan fingerprint density at radius 3 is 2.29 bits per heavy atom. The molecule has 1 aliphatic heterocycles. The van der Waals surface area contributed by atoms with Crippen molar-refractivity contribution >= 4 is 92.7 Å². The van der Waals surface area contributed by atoms with Crippen LogP contribution in [0, 0.1) is 0 Å². The van der Waals surface area contributed by atoms with E-state index < -0.39 is 41.7 Å². The lowest BCUT2D eigenvalue weighted by Gasteiger charge is -2.17. The van der Waals surface area contributed by atoms with E-state index in [9.17, 15) is 43.5 Å². The number of imide groups is 1. The molecular formula is C47H59N17O9. The number of nitrogen functional groups attached to an aromatic ring is 2. The van der Waals surface area contributed by atoms with E-state index in [2.05, 4.69) is 65.5 Å². The summed E-state index contributed by atoms with van der Waals surface area (Å²) in [6, 6.07) is 8.52. The van der Waals surface area contributed by atoms with Crippen LogP contribution in [-0.4, -0.2) is 119 Å². The number of hydrazine groups is 1. The van der Waals surface area contributed by atoms with Gasteiger partial charge in [-0.2, -0.15) is 9.97 Å². The van der Waals surface area contributed by atoms with E-state index in [1.165, 1.54) is 43.7 Å². The molecule has 3 aromatic heterocycles. The summed E-state index contributed by atoms with van der Waals surface area (Å²) < 4.78 is 1.89. The van der Waals surface area contributed by atoms with E-state index in [-0.39, 0.29) is 102 Å². The standard InChI is InChI=1S/C44H51N17O9.C3H8/c1-23(52-33(63)21-50-32(62)7-3-2-4-16-61-34(64)12-13-35(61)65)40(66)54-26-9-10-28(29(19-26)37(45)58-59-48)42(68)49-15-5-6-30(43(69)70)55-41(67)25-8-11-31-24(18-25)14-17-60(31)22-27-20-51-39-36(53-27)38(46)56-44(47)57-39;1-3-2/h8-14,17-20,23,30,59H,2-7,15-16,21-22,48H2,1H3,(H2,45,58)(H,49,68)(H,50,62)(H,52,63)(H,54,66)(H,55,67)(H,69,70)(H4,46,47,51,56,57);3H2,1-2H3. The molecule has 2 atom stereocenters. The number of aromatic nitrogens is 5. The minimum absolute atomic E-state index is 0.00169. The number of unbranched alkanes of at least 4 members (excludes halogenated alkanes) is 2. The fraction of sp³-hybridized carbons (Fsp3) is 0.340. The molecule has 0 aliphatic carbocycles. The summed E-state index contributed by atoms with van der Waals surface area (Å²) in [7, 11) is 0. The second kappa shape index (κ2) is 26.2. The highest BCUT2D eigenvalue weighted by Gasteiger charge is 2.24. The molecule has 0 radical (unpaired) electrons. The molecule has 386 valence electrons. The summed E-state index contributed by atoms with van der Waals surface area (Å²) in [4.78, 5) is 118. The van der Waals surface area contributed by atoms with Crippen LogP contribution in [0.25, 0.3) is 22.1 Å². The lowest BCUT2D eigenvalue weighted by atomic mass is 10.0. The number of amides is 7. The van der Waals surface area contributed by atoms with Gasteiger partial charge in [0.2, 0.25) is 23.7 Å². The zero-order valence-electron chi connectivity index (χ0n) is 40.4. The van der Waals surface area contributed by atoms with Crippen molar-refractivity contribution in [3.05, 3.63) is 89.4 Å². The van der Waals surface area contributed by atoms with Crippen molar-refractivity contribution in [2.24, 2.45) is 16.7 Å². The topological polar surface area (TPSA) is 405 Å². The summed E-state index contributed by atoms with van der Waals surface area (Å²) in [6.45, 7) is 5.85. The number of carbonyl (C=O) groups excluding carboxylic acids is 7. The Bertz CT molecular complexity index is 2920. The molecule has 2 unspecified atom stereocenters. The number of amidine groups is 1. The number of carboxylic acid groups (broad SMARTS) is 1. The van der Waals surface area contributed by atoms with Gasteiger partial charge in [0.1, 0.15) is 12.1 Å². The van der Waals surface area contributed by atoms with Crippen LogP contribution in [0.4, 0.5) is 17.5 Å². The maximum atomic E-state index is 13.4. The van der Waals surface area contributed by atoms with Crippen LogP contribution < -0.4 is 55.2 Å². The van der Waals surface area contributed by atoms with Crippen LogP contribution in [0.15, 0.2) is 72.1 Å². The Labute approximate surface area is 418 Å². The third-order valence-corrected chi connectivity index (χ3v) is 10.8. The summed E-state index contributed by atoms with van der Waals surface area (Å²) in [5.74, 6) is 0.298. The smallest absolute Gasteiger partial charge is 0.326 e. The molecule has 2 aromatic carbocycles. The molecule has 0 saturated carbocycles. The van der Waals surface area contributed by atoms with E-state index in [0.717, 1.165) is 10.4 Å². The molecule has 0 bridgehead atoms. The van der Waals surface area contributed by atoms with Gasteiger partial charge in [-0.15, -0.1) is 5.10 Å². The predicted octanol–water partition coefficient (Wildman–Crippen LogP) is 0.525. The lowest BCUT2D eigenvalue weighted by molar-refractivity contribution is -0.139. The van der Waals surface area contributed by atoms with Crippen molar-refractivity contribution in [3.63, 3.8) is 0 Å². The average Bonchev–Trinajstić information content (AvgIpc) is 3.91. The minimum Gasteiger partial charge on any atom is -0.480 e. The third-order valence-electron chi connectivity index (χ3n) is 10.8. The molecule has 26 nitrogen and oxygen atoms in total. The van der Waals surface area contributed by atoms with Crippen molar-refractivity contribution in [1.82, 2.24) is 56.2 Å². The number of hydrazone groups is 1. The molecule has 15 N–H and O–H groups in total. The first-order chi connectivity index (χ1) is 34.9. The highest BCUT2D eigenvalue weighted by molar-refractivity contribution is 6.13. The fourth-order valence-electron chi connectivity index (χ4n) is 7.24. The molecule has 0 spiro atoms. The zero-order chi connectivity index (χ0) is 53.2. The number of anilines is 3. The van der Waals surface area contributed by atoms with Crippen LogP contribution >= 0.6 is 0 Å². The van der Waals surface area contributed by atoms with Gasteiger partial charge >= 0.3 is 5.97 Å². The first-order valence-corrected chi connectivity index (χ1v) is 23.2. The van der Waals surface area contributed by atoms with Crippen molar-refractivity contribution in [2.75, 3.05) is 36.4 Å². The van der Waals surface area contributed by atoms with Crippen LogP contribution in [0.3, 0.4) is 0 Å². The Hall–Kier alpha value is -9.07. The first kappa shape index (κ1) is 54.9. The summed E-state index contributed by atoms with van der Waals surface area (Å²) in [5, 5.41) is 27.2. The Morgan fingerprint density at radius 1 is 0.836 bits per heavy atom. The molecule has 1 aliphatic rings. The van der Waals surface area contributed by atoms with E-state index >= 15 is 0 Å². The van der Waals surface area contributed by atoms with Crippen LogP contribution in [0.2, 0.25) is 0 Å². The van der Waals surface area contributed by atoms with Crippen LogP contribution in [-0.2, 0) is 35.3 Å². The van der Waals surface area contributed by atoms with Gasteiger partial charge in [0.15, 0.2) is 22.8 Å². The number of hydrogen-bond donors (Lipinski definition) is 11. The van der Waals surface area contributed by atoms with Crippen molar-refractivity contribution in [3.8, 4) is 0 Å². The normalized spacial score (nSPS) is 12.9. The highest BCUT2D eigenvalue weighted by atomic mass is 16.4. The zero-order valence-corrected chi connectivity index (χ0v) is 40.4. The fourth-order valence-corrected chi connectivity index (χ4v) is 7.24. The number of carbonyl (C=O) groups is 8. The molecule has 0 saturated heterocycles. The molecule has 0 fully saturated rings. The van der Waals surface area contributed by atoms with E-state index in [4.69, 9.17) is 23.0 Å². The molecule has 5 aromatic rings. The quantitative estimate of drug-likeness (QED) is 0.0106. The second-order valence-electron chi connectivity index (χ2n) is 16.6. The number of hydrogen-bond acceptors (Lipinski definition) is 17. The van der Waals surface area contributed by atoms with Gasteiger partial charge in [-0.3, -0.25) is 38.5 Å². The number of carboxylic acids is 1.